The predicted molar refractivity (Wildman–Crippen MR) is 51.2 cm³/mol. The second kappa shape index (κ2) is 3.42. The molecule has 0 aliphatic heterocycles. The van der Waals surface area contributed by atoms with Gasteiger partial charge in [-0.15, -0.1) is 0 Å². The SMILES string of the molecule is CCc1ccc(P(C)(=O)O)cc1. The maximum atomic E-state index is 11.2. The highest BCUT2D eigenvalue weighted by atomic mass is 31.2. The van der Waals surface area contributed by atoms with Gasteiger partial charge in [-0.2, -0.15) is 0 Å². The minimum absolute atomic E-state index is 0.528. The van der Waals surface area contributed by atoms with E-state index in [1.54, 1.807) is 12.1 Å². The molecule has 0 saturated carbocycles. The zero-order chi connectivity index (χ0) is 9.19. The van der Waals surface area contributed by atoms with Crippen LogP contribution >= 0.6 is 7.37 Å². The first-order valence-electron chi connectivity index (χ1n) is 3.94. The van der Waals surface area contributed by atoms with E-state index in [9.17, 15) is 9.46 Å². The second-order valence-corrected chi connectivity index (χ2v) is 5.17. The van der Waals surface area contributed by atoms with Gasteiger partial charge in [0.25, 0.3) is 0 Å². The Morgan fingerprint density at radius 2 is 1.83 bits per heavy atom. The fraction of sp³-hybridized carbons (Fsp3) is 0.333. The molecule has 0 aromatic heterocycles. The van der Waals surface area contributed by atoms with Gasteiger partial charge in [0.1, 0.15) is 0 Å². The van der Waals surface area contributed by atoms with Crippen molar-refractivity contribution in [3.63, 3.8) is 0 Å². The molecule has 3 heteroatoms. The summed E-state index contributed by atoms with van der Waals surface area (Å²) in [5.41, 5.74) is 1.19. The van der Waals surface area contributed by atoms with Gasteiger partial charge in [-0.1, -0.05) is 19.1 Å². The van der Waals surface area contributed by atoms with Crippen molar-refractivity contribution in [1.82, 2.24) is 0 Å². The summed E-state index contributed by atoms with van der Waals surface area (Å²) in [7, 11) is -3.05. The normalized spacial score (nSPS) is 15.6. The molecule has 0 saturated heterocycles. The zero-order valence-electron chi connectivity index (χ0n) is 7.32. The zero-order valence-corrected chi connectivity index (χ0v) is 8.21. The standard InChI is InChI=1S/C9H13O2P/c1-3-8-4-6-9(7-5-8)12(2,10)11/h4-7H,3H2,1-2H3,(H,10,11). The van der Waals surface area contributed by atoms with Gasteiger partial charge in [0.2, 0.25) is 7.37 Å². The van der Waals surface area contributed by atoms with Gasteiger partial charge in [0, 0.05) is 12.0 Å². The summed E-state index contributed by atoms with van der Waals surface area (Å²) in [4.78, 5) is 9.21. The summed E-state index contributed by atoms with van der Waals surface area (Å²) >= 11 is 0. The van der Waals surface area contributed by atoms with Gasteiger partial charge in [-0.05, 0) is 24.1 Å². The third-order valence-electron chi connectivity index (χ3n) is 1.82. The summed E-state index contributed by atoms with van der Waals surface area (Å²) in [5, 5.41) is 0.528. The van der Waals surface area contributed by atoms with Crippen LogP contribution in [0.1, 0.15) is 12.5 Å². The van der Waals surface area contributed by atoms with E-state index in [2.05, 4.69) is 6.92 Å². The van der Waals surface area contributed by atoms with Crippen LogP contribution in [0.25, 0.3) is 0 Å². The van der Waals surface area contributed by atoms with Gasteiger partial charge >= 0.3 is 0 Å². The molecule has 1 N–H and O–H groups in total. The Balaban J connectivity index is 3.01. The minimum atomic E-state index is -3.05. The second-order valence-electron chi connectivity index (χ2n) is 2.90. The smallest absolute Gasteiger partial charge is 0.226 e. The third kappa shape index (κ3) is 2.20. The molecule has 0 heterocycles. The van der Waals surface area contributed by atoms with Crippen LogP contribution < -0.4 is 5.30 Å². The van der Waals surface area contributed by atoms with Crippen molar-refractivity contribution in [2.75, 3.05) is 6.66 Å². The molecule has 2 nitrogen and oxygen atoms in total. The molecular weight excluding hydrogens is 171 g/mol. The Labute approximate surface area is 72.7 Å². The molecule has 0 bridgehead atoms. The van der Waals surface area contributed by atoms with Gasteiger partial charge in [-0.3, -0.25) is 4.57 Å². The van der Waals surface area contributed by atoms with Crippen molar-refractivity contribution < 1.29 is 9.46 Å². The number of aryl methyl sites for hydroxylation is 1. The van der Waals surface area contributed by atoms with Gasteiger partial charge in [0.05, 0.1) is 0 Å². The monoisotopic (exact) mass is 184 g/mol. The van der Waals surface area contributed by atoms with Crippen molar-refractivity contribution in [3.8, 4) is 0 Å². The number of benzene rings is 1. The molecule has 1 aromatic carbocycles. The van der Waals surface area contributed by atoms with Crippen molar-refractivity contribution >= 4 is 12.7 Å². The van der Waals surface area contributed by atoms with Crippen LogP contribution in [-0.4, -0.2) is 11.6 Å². The lowest BCUT2D eigenvalue weighted by molar-refractivity contribution is 0.496. The molecule has 12 heavy (non-hydrogen) atoms. The van der Waals surface area contributed by atoms with Gasteiger partial charge in [-0.25, -0.2) is 0 Å². The van der Waals surface area contributed by atoms with E-state index in [4.69, 9.17) is 0 Å². The molecular formula is C9H13O2P. The molecule has 0 aliphatic carbocycles. The molecule has 1 aromatic rings. The lowest BCUT2D eigenvalue weighted by atomic mass is 10.2. The predicted octanol–water partition coefficient (Wildman–Crippen LogP) is 1.77. The van der Waals surface area contributed by atoms with E-state index in [1.165, 1.54) is 12.2 Å². The van der Waals surface area contributed by atoms with E-state index in [1.807, 2.05) is 12.1 Å². The Morgan fingerprint density at radius 3 is 2.17 bits per heavy atom. The molecule has 1 atom stereocenters. The van der Waals surface area contributed by atoms with E-state index in [0.717, 1.165) is 6.42 Å². The van der Waals surface area contributed by atoms with E-state index >= 15 is 0 Å². The van der Waals surface area contributed by atoms with Crippen molar-refractivity contribution in [2.45, 2.75) is 13.3 Å². The van der Waals surface area contributed by atoms with Crippen LogP contribution in [0.3, 0.4) is 0 Å². The minimum Gasteiger partial charge on any atom is -0.341 e. The Kier molecular flexibility index (Phi) is 2.71. The topological polar surface area (TPSA) is 37.3 Å². The first-order chi connectivity index (χ1) is 5.54. The van der Waals surface area contributed by atoms with Crippen molar-refractivity contribution in [3.05, 3.63) is 29.8 Å². The van der Waals surface area contributed by atoms with E-state index in [-0.39, 0.29) is 0 Å². The number of hydrogen-bond acceptors (Lipinski definition) is 1. The molecule has 0 amide bonds. The third-order valence-corrected chi connectivity index (χ3v) is 3.08. The lowest BCUT2D eigenvalue weighted by Crippen LogP contribution is -2.02. The number of hydrogen-bond donors (Lipinski definition) is 1. The fourth-order valence-electron chi connectivity index (χ4n) is 1.01. The molecule has 66 valence electrons. The Bertz CT molecular complexity index is 297. The van der Waals surface area contributed by atoms with E-state index in [0.29, 0.717) is 5.30 Å². The molecule has 0 radical (unpaired) electrons. The average molecular weight is 184 g/mol. The fourth-order valence-corrected chi connectivity index (χ4v) is 1.71. The van der Waals surface area contributed by atoms with Gasteiger partial charge in [0.15, 0.2) is 0 Å². The summed E-state index contributed by atoms with van der Waals surface area (Å²) in [6.07, 6.45) is 0.958. The highest BCUT2D eigenvalue weighted by molar-refractivity contribution is 7.65. The van der Waals surface area contributed by atoms with Crippen LogP contribution in [0.5, 0.6) is 0 Å². The summed E-state index contributed by atoms with van der Waals surface area (Å²) in [6.45, 7) is 3.41. The molecule has 0 spiro atoms. The van der Waals surface area contributed by atoms with Gasteiger partial charge < -0.3 is 4.89 Å². The largest absolute Gasteiger partial charge is 0.341 e. The Hall–Kier alpha value is -0.590. The van der Waals surface area contributed by atoms with Crippen LogP contribution in [0.15, 0.2) is 24.3 Å². The van der Waals surface area contributed by atoms with Crippen LogP contribution in [-0.2, 0) is 11.0 Å². The molecule has 0 aliphatic rings. The maximum absolute atomic E-state index is 11.2. The average Bonchev–Trinajstić information content (AvgIpc) is 2.03. The highest BCUT2D eigenvalue weighted by Gasteiger charge is 2.12. The maximum Gasteiger partial charge on any atom is 0.226 e. The molecule has 1 rings (SSSR count). The highest BCUT2D eigenvalue weighted by Crippen LogP contribution is 2.33. The summed E-state index contributed by atoms with van der Waals surface area (Å²) < 4.78 is 11.2. The number of rotatable bonds is 2. The van der Waals surface area contributed by atoms with E-state index < -0.39 is 7.37 Å². The van der Waals surface area contributed by atoms with Crippen molar-refractivity contribution in [1.29, 1.82) is 0 Å². The van der Waals surface area contributed by atoms with Crippen LogP contribution in [0.2, 0.25) is 0 Å². The van der Waals surface area contributed by atoms with Crippen molar-refractivity contribution in [2.24, 2.45) is 0 Å². The lowest BCUT2D eigenvalue weighted by Gasteiger charge is -2.05. The first-order valence-corrected chi connectivity index (χ1v) is 6.04. The molecule has 0 fully saturated rings. The van der Waals surface area contributed by atoms with Crippen LogP contribution in [0, 0.1) is 0 Å². The summed E-state index contributed by atoms with van der Waals surface area (Å²) in [6, 6.07) is 7.22. The quantitative estimate of drug-likeness (QED) is 0.711. The first kappa shape index (κ1) is 9.50. The molecule has 1 unspecified atom stereocenters. The summed E-state index contributed by atoms with van der Waals surface area (Å²) in [5.74, 6) is 0. The van der Waals surface area contributed by atoms with Crippen LogP contribution in [0.4, 0.5) is 0 Å². The Morgan fingerprint density at radius 1 is 1.33 bits per heavy atom.